The molecule has 1 saturated carbocycles. The first-order valence-corrected chi connectivity index (χ1v) is 9.11. The second kappa shape index (κ2) is 6.55. The summed E-state index contributed by atoms with van der Waals surface area (Å²) in [5.41, 5.74) is 1.25. The Balaban J connectivity index is 1.35. The number of benzene rings is 1. The van der Waals surface area contributed by atoms with Crippen LogP contribution in [0.2, 0.25) is 0 Å². The predicted octanol–water partition coefficient (Wildman–Crippen LogP) is 1.94. The standard InChI is InChI=1S/C19H25N3O2/c23-18-16-8-4-5-9-17(16)19(24)22(18)14-20-10-12-21(13-11-20)15-6-2-1-3-7-15/h1-3,6-7,16-17H,4-5,8-14H2/t16-,17-/m0/s1. The van der Waals surface area contributed by atoms with Crippen molar-refractivity contribution >= 4 is 17.5 Å². The van der Waals surface area contributed by atoms with E-state index in [0.29, 0.717) is 6.67 Å². The molecule has 4 rings (SSSR count). The van der Waals surface area contributed by atoms with Crippen LogP contribution < -0.4 is 4.90 Å². The first-order chi connectivity index (χ1) is 11.7. The van der Waals surface area contributed by atoms with E-state index in [0.717, 1.165) is 51.9 Å². The summed E-state index contributed by atoms with van der Waals surface area (Å²) in [6.07, 6.45) is 3.97. The molecule has 0 unspecified atom stereocenters. The van der Waals surface area contributed by atoms with Crippen LogP contribution >= 0.6 is 0 Å². The monoisotopic (exact) mass is 327 g/mol. The first kappa shape index (κ1) is 15.6. The molecule has 2 heterocycles. The lowest BCUT2D eigenvalue weighted by Crippen LogP contribution is -2.51. The number of rotatable bonds is 3. The molecule has 0 radical (unpaired) electrons. The van der Waals surface area contributed by atoms with E-state index < -0.39 is 0 Å². The number of hydrogen-bond acceptors (Lipinski definition) is 4. The summed E-state index contributed by atoms with van der Waals surface area (Å²) >= 11 is 0. The maximum atomic E-state index is 12.6. The van der Waals surface area contributed by atoms with E-state index in [1.54, 1.807) is 4.90 Å². The third-order valence-electron chi connectivity index (χ3n) is 5.77. The van der Waals surface area contributed by atoms with Crippen LogP contribution in [0.25, 0.3) is 0 Å². The average molecular weight is 327 g/mol. The fourth-order valence-electron chi connectivity index (χ4n) is 4.36. The molecular weight excluding hydrogens is 302 g/mol. The van der Waals surface area contributed by atoms with Crippen molar-refractivity contribution in [2.75, 3.05) is 37.7 Å². The van der Waals surface area contributed by atoms with E-state index in [1.807, 2.05) is 6.07 Å². The Kier molecular flexibility index (Phi) is 4.27. The van der Waals surface area contributed by atoms with Gasteiger partial charge in [-0.3, -0.25) is 19.4 Å². The summed E-state index contributed by atoms with van der Waals surface area (Å²) < 4.78 is 0. The number of fused-ring (bicyclic) bond motifs is 1. The molecule has 1 aromatic rings. The highest BCUT2D eigenvalue weighted by atomic mass is 16.2. The zero-order valence-corrected chi connectivity index (χ0v) is 14.1. The highest BCUT2D eigenvalue weighted by Gasteiger charge is 2.48. The highest BCUT2D eigenvalue weighted by Crippen LogP contribution is 2.38. The van der Waals surface area contributed by atoms with E-state index in [4.69, 9.17) is 0 Å². The van der Waals surface area contributed by atoms with Gasteiger partial charge in [-0.1, -0.05) is 31.0 Å². The van der Waals surface area contributed by atoms with Gasteiger partial charge in [-0.2, -0.15) is 0 Å². The predicted molar refractivity (Wildman–Crippen MR) is 92.4 cm³/mol. The third kappa shape index (κ3) is 2.81. The van der Waals surface area contributed by atoms with E-state index in [9.17, 15) is 9.59 Å². The molecule has 3 fully saturated rings. The van der Waals surface area contributed by atoms with E-state index >= 15 is 0 Å². The molecule has 128 valence electrons. The molecule has 5 nitrogen and oxygen atoms in total. The molecule has 5 heteroatoms. The maximum absolute atomic E-state index is 12.6. The second-order valence-electron chi connectivity index (χ2n) is 7.18. The number of carbonyl (C=O) groups is 2. The number of hydrogen-bond donors (Lipinski definition) is 0. The van der Waals surface area contributed by atoms with Crippen molar-refractivity contribution in [2.45, 2.75) is 25.7 Å². The lowest BCUT2D eigenvalue weighted by Gasteiger charge is -2.37. The van der Waals surface area contributed by atoms with Crippen molar-refractivity contribution in [3.63, 3.8) is 0 Å². The number of carbonyl (C=O) groups excluding carboxylic acids is 2. The Morgan fingerprint density at radius 2 is 1.42 bits per heavy atom. The van der Waals surface area contributed by atoms with Gasteiger partial charge in [0.25, 0.3) is 0 Å². The third-order valence-corrected chi connectivity index (χ3v) is 5.77. The normalized spacial score (nSPS) is 28.3. The largest absolute Gasteiger partial charge is 0.369 e. The van der Waals surface area contributed by atoms with Crippen molar-refractivity contribution in [1.82, 2.24) is 9.80 Å². The molecule has 3 aliphatic rings. The Morgan fingerprint density at radius 1 is 0.833 bits per heavy atom. The summed E-state index contributed by atoms with van der Waals surface area (Å²) in [7, 11) is 0. The molecule has 2 saturated heterocycles. The zero-order chi connectivity index (χ0) is 16.5. The van der Waals surface area contributed by atoms with Crippen LogP contribution in [0.4, 0.5) is 5.69 Å². The minimum Gasteiger partial charge on any atom is -0.369 e. The molecular formula is C19H25N3O2. The van der Waals surface area contributed by atoms with E-state index in [2.05, 4.69) is 34.1 Å². The van der Waals surface area contributed by atoms with Crippen molar-refractivity contribution in [3.8, 4) is 0 Å². The van der Waals surface area contributed by atoms with Gasteiger partial charge in [-0.15, -0.1) is 0 Å². The van der Waals surface area contributed by atoms with E-state index in [1.165, 1.54) is 5.69 Å². The minimum absolute atomic E-state index is 0.0307. The summed E-state index contributed by atoms with van der Waals surface area (Å²) in [4.78, 5) is 31.3. The Hall–Kier alpha value is -1.88. The van der Waals surface area contributed by atoms with Crippen LogP contribution in [0.3, 0.4) is 0 Å². The smallest absolute Gasteiger partial charge is 0.234 e. The van der Waals surface area contributed by atoms with Crippen molar-refractivity contribution in [3.05, 3.63) is 30.3 Å². The van der Waals surface area contributed by atoms with E-state index in [-0.39, 0.29) is 23.7 Å². The van der Waals surface area contributed by atoms with Gasteiger partial charge in [-0.05, 0) is 25.0 Å². The molecule has 24 heavy (non-hydrogen) atoms. The maximum Gasteiger partial charge on any atom is 0.234 e. The van der Waals surface area contributed by atoms with Crippen molar-refractivity contribution < 1.29 is 9.59 Å². The topological polar surface area (TPSA) is 43.9 Å². The van der Waals surface area contributed by atoms with Gasteiger partial charge < -0.3 is 4.90 Å². The van der Waals surface area contributed by atoms with Gasteiger partial charge in [0.15, 0.2) is 0 Å². The average Bonchev–Trinajstić information content (AvgIpc) is 2.88. The number of nitrogens with zero attached hydrogens (tertiary/aromatic N) is 3. The minimum atomic E-state index is -0.0307. The van der Waals surface area contributed by atoms with Gasteiger partial charge in [0.1, 0.15) is 0 Å². The number of piperazine rings is 1. The molecule has 2 amide bonds. The number of amides is 2. The van der Waals surface area contributed by atoms with Gasteiger partial charge in [0, 0.05) is 31.9 Å². The number of imide groups is 1. The molecule has 0 spiro atoms. The Labute approximate surface area is 143 Å². The highest BCUT2D eigenvalue weighted by molar-refractivity contribution is 6.05. The van der Waals surface area contributed by atoms with Crippen LogP contribution in [-0.2, 0) is 9.59 Å². The SMILES string of the molecule is O=C1[C@H]2CCCC[C@@H]2C(=O)N1CN1CCN(c2ccccc2)CC1. The zero-order valence-electron chi connectivity index (χ0n) is 14.1. The number of anilines is 1. The van der Waals surface area contributed by atoms with Gasteiger partial charge in [0.2, 0.25) is 11.8 Å². The van der Waals surface area contributed by atoms with Gasteiger partial charge in [-0.25, -0.2) is 0 Å². The number of likely N-dealkylation sites (tertiary alicyclic amines) is 1. The van der Waals surface area contributed by atoms with Gasteiger partial charge in [0.05, 0.1) is 18.5 Å². The quantitative estimate of drug-likeness (QED) is 0.796. The fraction of sp³-hybridized carbons (Fsp3) is 0.579. The second-order valence-corrected chi connectivity index (χ2v) is 7.18. The van der Waals surface area contributed by atoms with Gasteiger partial charge >= 0.3 is 0 Å². The molecule has 1 aromatic carbocycles. The van der Waals surface area contributed by atoms with Crippen LogP contribution in [0.1, 0.15) is 25.7 Å². The summed E-state index contributed by atoms with van der Waals surface area (Å²) in [6, 6.07) is 10.4. The van der Waals surface area contributed by atoms with Crippen LogP contribution in [0.5, 0.6) is 0 Å². The lowest BCUT2D eigenvalue weighted by molar-refractivity contribution is -0.142. The first-order valence-electron chi connectivity index (χ1n) is 9.11. The number of para-hydroxylation sites is 1. The molecule has 0 aromatic heterocycles. The fourth-order valence-corrected chi connectivity index (χ4v) is 4.36. The summed E-state index contributed by atoms with van der Waals surface area (Å²) in [5.74, 6) is 0.0964. The Bertz CT molecular complexity index is 586. The Morgan fingerprint density at radius 3 is 2.00 bits per heavy atom. The summed E-state index contributed by atoms with van der Waals surface area (Å²) in [6.45, 7) is 4.13. The van der Waals surface area contributed by atoms with Crippen LogP contribution in [0.15, 0.2) is 30.3 Å². The van der Waals surface area contributed by atoms with Crippen LogP contribution in [0, 0.1) is 11.8 Å². The van der Waals surface area contributed by atoms with Crippen LogP contribution in [-0.4, -0.2) is 54.5 Å². The van der Waals surface area contributed by atoms with Crippen molar-refractivity contribution in [2.24, 2.45) is 11.8 Å². The summed E-state index contributed by atoms with van der Waals surface area (Å²) in [5, 5.41) is 0. The lowest BCUT2D eigenvalue weighted by atomic mass is 9.81. The molecule has 0 bridgehead atoms. The molecule has 2 atom stereocenters. The molecule has 1 aliphatic carbocycles. The molecule has 2 aliphatic heterocycles. The van der Waals surface area contributed by atoms with Crippen molar-refractivity contribution in [1.29, 1.82) is 0 Å². The molecule has 0 N–H and O–H groups in total.